The minimum Gasteiger partial charge on any atom is -0.456 e. The third kappa shape index (κ3) is 2.97. The van der Waals surface area contributed by atoms with Crippen LogP contribution in [0.5, 0.6) is 0 Å². The molecule has 0 spiro atoms. The van der Waals surface area contributed by atoms with Gasteiger partial charge in [-0.1, -0.05) is 84.9 Å². The SMILES string of the molecule is c1cc2c3c(c1)ccc1c3c3c4c(ccc3n1-c1nc3c(nc1-c1cccc5c1sc1ccccc15)oc1ccccc13)oc1cccc-2c14. The quantitative estimate of drug-likeness (QED) is 0.186. The molecule has 6 heteroatoms. The normalized spacial score (nSPS) is 12.8. The highest BCUT2D eigenvalue weighted by atomic mass is 32.1. The Morgan fingerprint density at radius 1 is 0.480 bits per heavy atom. The topological polar surface area (TPSA) is 57.0 Å². The van der Waals surface area contributed by atoms with Gasteiger partial charge >= 0.3 is 0 Å². The first-order valence-electron chi connectivity index (χ1n) is 16.7. The Labute approximate surface area is 286 Å². The van der Waals surface area contributed by atoms with E-state index in [1.807, 2.05) is 18.2 Å². The van der Waals surface area contributed by atoms with Crippen molar-refractivity contribution in [2.75, 3.05) is 0 Å². The number of aromatic nitrogens is 3. The van der Waals surface area contributed by atoms with E-state index in [9.17, 15) is 0 Å². The van der Waals surface area contributed by atoms with E-state index in [4.69, 9.17) is 18.8 Å². The first-order valence-corrected chi connectivity index (χ1v) is 17.6. The molecule has 0 atom stereocenters. The molecule has 5 nitrogen and oxygen atoms in total. The van der Waals surface area contributed by atoms with E-state index in [-0.39, 0.29) is 0 Å². The number of rotatable bonds is 2. The van der Waals surface area contributed by atoms with Gasteiger partial charge in [-0.15, -0.1) is 11.3 Å². The second-order valence-electron chi connectivity index (χ2n) is 13.2. The third-order valence-electron chi connectivity index (χ3n) is 10.8. The third-order valence-corrected chi connectivity index (χ3v) is 12.0. The van der Waals surface area contributed by atoms with Gasteiger partial charge in [0.1, 0.15) is 28.0 Å². The Kier molecular flexibility index (Phi) is 4.46. The molecule has 0 amide bonds. The van der Waals surface area contributed by atoms with Crippen molar-refractivity contribution in [1.29, 1.82) is 0 Å². The molecule has 230 valence electrons. The van der Waals surface area contributed by atoms with Crippen LogP contribution in [0.25, 0.3) is 125 Å². The van der Waals surface area contributed by atoms with Gasteiger partial charge in [0.2, 0.25) is 5.71 Å². The van der Waals surface area contributed by atoms with Crippen LogP contribution in [0.3, 0.4) is 0 Å². The lowest BCUT2D eigenvalue weighted by molar-refractivity contribution is 0.653. The van der Waals surface area contributed by atoms with Crippen LogP contribution >= 0.6 is 11.3 Å². The summed E-state index contributed by atoms with van der Waals surface area (Å²) in [5.74, 6) is 0.777. The lowest BCUT2D eigenvalue weighted by Crippen LogP contribution is -2.03. The Morgan fingerprint density at radius 3 is 2.12 bits per heavy atom. The van der Waals surface area contributed by atoms with Gasteiger partial charge in [-0.2, -0.15) is 0 Å². The molecule has 0 radical (unpaired) electrons. The molecule has 5 aromatic heterocycles. The summed E-state index contributed by atoms with van der Waals surface area (Å²) in [6.45, 7) is 0. The zero-order valence-corrected chi connectivity index (χ0v) is 27.0. The number of hydrogen-bond acceptors (Lipinski definition) is 5. The molecule has 12 aromatic rings. The van der Waals surface area contributed by atoms with Gasteiger partial charge in [0.05, 0.1) is 11.0 Å². The molecule has 7 aromatic carbocycles. The lowest BCUT2D eigenvalue weighted by Gasteiger charge is -2.14. The van der Waals surface area contributed by atoms with Gasteiger partial charge < -0.3 is 8.83 Å². The fraction of sp³-hybridized carbons (Fsp3) is 0. The highest BCUT2D eigenvalue weighted by Crippen LogP contribution is 2.51. The minimum atomic E-state index is 0.533. The van der Waals surface area contributed by atoms with Gasteiger partial charge in [-0.3, -0.25) is 4.57 Å². The number of thiophene rings is 1. The zero-order valence-electron chi connectivity index (χ0n) is 26.2. The number of para-hydroxylation sites is 1. The standard InChI is InChI=1S/C44H21N3O2S/c1-3-15-31-27(10-1)41-44(49-31)46-40(28-14-6-13-26-23-9-2-4-17-34(23)50-42(26)28)43(45-41)47-29-19-18-22-8-5-11-24-25-12-7-16-32-36(25)39-33(48-32)21-20-30(47)38(39)37(29)35(22)24/h1-21H. The van der Waals surface area contributed by atoms with Crippen LogP contribution < -0.4 is 0 Å². The molecule has 1 aliphatic rings. The Morgan fingerprint density at radius 2 is 1.18 bits per heavy atom. The fourth-order valence-electron chi connectivity index (χ4n) is 8.74. The summed E-state index contributed by atoms with van der Waals surface area (Å²) in [6.07, 6.45) is 0. The summed E-state index contributed by atoms with van der Waals surface area (Å²) in [5, 5.41) is 10.6. The van der Waals surface area contributed by atoms with Crippen LogP contribution in [0.1, 0.15) is 0 Å². The van der Waals surface area contributed by atoms with Crippen LogP contribution in [0, 0.1) is 0 Å². The van der Waals surface area contributed by atoms with E-state index in [0.717, 1.165) is 66.5 Å². The van der Waals surface area contributed by atoms with E-state index in [1.54, 1.807) is 11.3 Å². The predicted molar refractivity (Wildman–Crippen MR) is 206 cm³/mol. The van der Waals surface area contributed by atoms with Crippen molar-refractivity contribution in [3.8, 4) is 28.2 Å². The van der Waals surface area contributed by atoms with Gasteiger partial charge in [0.25, 0.3) is 0 Å². The first kappa shape index (κ1) is 25.5. The van der Waals surface area contributed by atoms with Crippen LogP contribution in [-0.4, -0.2) is 14.5 Å². The van der Waals surface area contributed by atoms with Crippen LogP contribution in [0.15, 0.2) is 136 Å². The molecule has 0 saturated heterocycles. The Hall–Kier alpha value is -6.50. The number of hydrogen-bond donors (Lipinski definition) is 0. The minimum absolute atomic E-state index is 0.533. The molecule has 0 saturated carbocycles. The van der Waals surface area contributed by atoms with Gasteiger partial charge in [0.15, 0.2) is 5.82 Å². The number of furan rings is 2. The van der Waals surface area contributed by atoms with E-state index in [2.05, 4.69) is 114 Å². The maximum atomic E-state index is 6.55. The van der Waals surface area contributed by atoms with Crippen LogP contribution in [-0.2, 0) is 0 Å². The van der Waals surface area contributed by atoms with Crippen molar-refractivity contribution < 1.29 is 8.83 Å². The first-order chi connectivity index (χ1) is 24.8. The molecule has 50 heavy (non-hydrogen) atoms. The lowest BCUT2D eigenvalue weighted by atomic mass is 9.95. The molecule has 5 heterocycles. The molecule has 0 bridgehead atoms. The zero-order chi connectivity index (χ0) is 32.2. The smallest absolute Gasteiger partial charge is 0.247 e. The molecule has 0 N–H and O–H groups in total. The van der Waals surface area contributed by atoms with Crippen LogP contribution in [0.2, 0.25) is 0 Å². The van der Waals surface area contributed by atoms with Crippen molar-refractivity contribution in [3.63, 3.8) is 0 Å². The van der Waals surface area contributed by atoms with Gasteiger partial charge in [-0.25, -0.2) is 9.97 Å². The highest BCUT2D eigenvalue weighted by molar-refractivity contribution is 7.26. The number of fused-ring (bicyclic) bond motifs is 7. The predicted octanol–water partition coefficient (Wildman–Crippen LogP) is 12.5. The fourth-order valence-corrected chi connectivity index (χ4v) is 9.95. The second kappa shape index (κ2) is 8.74. The summed E-state index contributed by atoms with van der Waals surface area (Å²) < 4.78 is 17.7. The molecule has 13 rings (SSSR count). The molecular weight excluding hydrogens is 635 g/mol. The van der Waals surface area contributed by atoms with Crippen molar-refractivity contribution in [1.82, 2.24) is 14.5 Å². The molecule has 1 aliphatic carbocycles. The van der Waals surface area contributed by atoms with Gasteiger partial charge in [-0.05, 0) is 64.4 Å². The Balaban J connectivity index is 1.27. The van der Waals surface area contributed by atoms with Gasteiger partial charge in [0, 0.05) is 52.7 Å². The molecule has 0 fully saturated rings. The largest absolute Gasteiger partial charge is 0.456 e. The van der Waals surface area contributed by atoms with E-state index < -0.39 is 0 Å². The summed E-state index contributed by atoms with van der Waals surface area (Å²) in [6, 6.07) is 45.1. The summed E-state index contributed by atoms with van der Waals surface area (Å²) in [4.78, 5) is 10.9. The van der Waals surface area contributed by atoms with Crippen molar-refractivity contribution in [3.05, 3.63) is 127 Å². The summed E-state index contributed by atoms with van der Waals surface area (Å²) in [7, 11) is 0. The number of benzene rings is 7. The van der Waals surface area contributed by atoms with E-state index in [0.29, 0.717) is 5.71 Å². The number of nitrogens with zero attached hydrogens (tertiary/aromatic N) is 3. The highest BCUT2D eigenvalue weighted by Gasteiger charge is 2.29. The monoisotopic (exact) mass is 655 g/mol. The second-order valence-corrected chi connectivity index (χ2v) is 14.3. The van der Waals surface area contributed by atoms with E-state index in [1.165, 1.54) is 52.8 Å². The molecular formula is C44H21N3O2S. The van der Waals surface area contributed by atoms with Crippen molar-refractivity contribution in [2.45, 2.75) is 0 Å². The summed E-state index contributed by atoms with van der Waals surface area (Å²) >= 11 is 1.80. The van der Waals surface area contributed by atoms with Crippen LogP contribution in [0.4, 0.5) is 0 Å². The Bertz CT molecular complexity index is 3510. The van der Waals surface area contributed by atoms with Crippen molar-refractivity contribution >= 4 is 108 Å². The molecule has 0 unspecified atom stereocenters. The summed E-state index contributed by atoms with van der Waals surface area (Å²) in [5.41, 5.74) is 10.3. The average Bonchev–Trinajstić information content (AvgIpc) is 3.90. The molecule has 0 aliphatic heterocycles. The average molecular weight is 656 g/mol. The van der Waals surface area contributed by atoms with Crippen molar-refractivity contribution in [2.24, 2.45) is 0 Å². The maximum Gasteiger partial charge on any atom is 0.247 e. The van der Waals surface area contributed by atoms with E-state index >= 15 is 0 Å². The maximum absolute atomic E-state index is 6.55.